The van der Waals surface area contributed by atoms with Crippen LogP contribution in [0.3, 0.4) is 0 Å². The number of rotatable bonds is 3. The highest BCUT2D eigenvalue weighted by Crippen LogP contribution is 1.94. The van der Waals surface area contributed by atoms with Crippen molar-refractivity contribution in [3.05, 3.63) is 35.6 Å². The molecule has 0 radical (unpaired) electrons. The molecule has 1 nitrogen and oxygen atoms in total. The normalized spacial score (nSPS) is 14.2. The smallest absolute Gasteiger partial charge is 0.00724 e. The third kappa shape index (κ3) is 5.46. The molecule has 0 heterocycles. The zero-order valence-electron chi connectivity index (χ0n) is 7.81. The van der Waals surface area contributed by atoms with E-state index in [1.165, 1.54) is 11.3 Å². The fourth-order valence-electron chi connectivity index (χ4n) is 0.524. The fourth-order valence-corrected chi connectivity index (χ4v) is 0.524. The lowest BCUT2D eigenvalue weighted by molar-refractivity contribution is 0.990. The molecular formula is C10H17N. The minimum absolute atomic E-state index is 1.17. The molecule has 0 rings (SSSR count). The average molecular weight is 151 g/mol. The predicted octanol–water partition coefficient (Wildman–Crippen LogP) is 2.63. The van der Waals surface area contributed by atoms with Crippen molar-refractivity contribution in [2.45, 2.75) is 20.8 Å². The lowest BCUT2D eigenvalue weighted by Gasteiger charge is -1.94. The molecule has 0 saturated carbocycles. The molecule has 0 atom stereocenters. The molecular weight excluding hydrogens is 134 g/mol. The van der Waals surface area contributed by atoms with E-state index in [-0.39, 0.29) is 0 Å². The monoisotopic (exact) mass is 151 g/mol. The third-order valence-corrected chi connectivity index (χ3v) is 1.56. The summed E-state index contributed by atoms with van der Waals surface area (Å²) in [6.45, 7) is 6.16. The largest absolute Gasteiger partial charge is 0.392 e. The van der Waals surface area contributed by atoms with E-state index < -0.39 is 0 Å². The fraction of sp³-hybridized carbons (Fsp3) is 0.400. The van der Waals surface area contributed by atoms with Gasteiger partial charge in [0.15, 0.2) is 0 Å². The molecule has 62 valence electrons. The Morgan fingerprint density at radius 1 is 1.27 bits per heavy atom. The second-order valence-electron chi connectivity index (χ2n) is 2.49. The van der Waals surface area contributed by atoms with Crippen LogP contribution in [0.1, 0.15) is 20.8 Å². The van der Waals surface area contributed by atoms with Crippen molar-refractivity contribution in [3.63, 3.8) is 0 Å². The van der Waals surface area contributed by atoms with Crippen LogP contribution in [0.15, 0.2) is 35.6 Å². The third-order valence-electron chi connectivity index (χ3n) is 1.56. The summed E-state index contributed by atoms with van der Waals surface area (Å²) in [5.74, 6) is 0. The molecule has 1 N–H and O–H groups in total. The molecule has 0 aliphatic heterocycles. The van der Waals surface area contributed by atoms with Crippen LogP contribution in [0, 0.1) is 0 Å². The van der Waals surface area contributed by atoms with Gasteiger partial charge in [0.25, 0.3) is 0 Å². The summed E-state index contributed by atoms with van der Waals surface area (Å²) in [7, 11) is 1.92. The van der Waals surface area contributed by atoms with Gasteiger partial charge in [-0.25, -0.2) is 0 Å². The van der Waals surface area contributed by atoms with Crippen molar-refractivity contribution in [1.82, 2.24) is 5.32 Å². The Bertz CT molecular complexity index is 185. The highest BCUT2D eigenvalue weighted by atomic mass is 14.8. The van der Waals surface area contributed by atoms with Crippen LogP contribution in [0.4, 0.5) is 0 Å². The Labute approximate surface area is 69.5 Å². The summed E-state index contributed by atoms with van der Waals surface area (Å²) in [5, 5.41) is 3.05. The van der Waals surface area contributed by atoms with E-state index in [0.717, 1.165) is 0 Å². The van der Waals surface area contributed by atoms with Gasteiger partial charge in [-0.05, 0) is 26.8 Å². The molecule has 0 bridgehead atoms. The van der Waals surface area contributed by atoms with Gasteiger partial charge >= 0.3 is 0 Å². The first kappa shape index (κ1) is 10.0. The maximum Gasteiger partial charge on any atom is 0.00724 e. The van der Waals surface area contributed by atoms with E-state index in [4.69, 9.17) is 0 Å². The van der Waals surface area contributed by atoms with E-state index in [1.807, 2.05) is 33.0 Å². The van der Waals surface area contributed by atoms with E-state index in [2.05, 4.69) is 24.4 Å². The SMILES string of the molecule is C\C=C(C)/C=C\C=C(/C)NC. The maximum atomic E-state index is 3.05. The lowest BCUT2D eigenvalue weighted by atomic mass is 10.2. The average Bonchev–Trinajstić information content (AvgIpc) is 2.04. The standard InChI is InChI=1S/C10H17N/c1-5-9(2)7-6-8-10(3)11-4/h5-8,11H,1-4H3/b7-6-,9-5-,10-8+. The van der Waals surface area contributed by atoms with Crippen molar-refractivity contribution in [3.8, 4) is 0 Å². The molecule has 0 spiro atoms. The molecule has 0 aromatic carbocycles. The summed E-state index contributed by atoms with van der Waals surface area (Å²) < 4.78 is 0. The Morgan fingerprint density at radius 3 is 2.36 bits per heavy atom. The number of hydrogen-bond acceptors (Lipinski definition) is 1. The predicted molar refractivity (Wildman–Crippen MR) is 51.4 cm³/mol. The lowest BCUT2D eigenvalue weighted by Crippen LogP contribution is -2.00. The van der Waals surface area contributed by atoms with Gasteiger partial charge in [0.1, 0.15) is 0 Å². The second-order valence-corrected chi connectivity index (χ2v) is 2.49. The summed E-state index contributed by atoms with van der Waals surface area (Å²) >= 11 is 0. The molecule has 0 aliphatic carbocycles. The molecule has 11 heavy (non-hydrogen) atoms. The van der Waals surface area contributed by atoms with Crippen molar-refractivity contribution in [2.75, 3.05) is 7.05 Å². The highest BCUT2D eigenvalue weighted by molar-refractivity contribution is 5.20. The summed E-state index contributed by atoms with van der Waals surface area (Å²) in [4.78, 5) is 0. The molecule has 1 heteroatoms. The van der Waals surface area contributed by atoms with Gasteiger partial charge in [-0.3, -0.25) is 0 Å². The van der Waals surface area contributed by atoms with Crippen LogP contribution in [-0.4, -0.2) is 7.05 Å². The van der Waals surface area contributed by atoms with E-state index >= 15 is 0 Å². The van der Waals surface area contributed by atoms with Crippen molar-refractivity contribution < 1.29 is 0 Å². The van der Waals surface area contributed by atoms with Crippen LogP contribution in [-0.2, 0) is 0 Å². The van der Waals surface area contributed by atoms with E-state index in [0.29, 0.717) is 0 Å². The molecule has 0 aromatic heterocycles. The topological polar surface area (TPSA) is 12.0 Å². The molecule has 0 amide bonds. The maximum absolute atomic E-state index is 3.05. The first-order valence-corrected chi connectivity index (χ1v) is 3.86. The van der Waals surface area contributed by atoms with Crippen molar-refractivity contribution >= 4 is 0 Å². The minimum Gasteiger partial charge on any atom is -0.392 e. The van der Waals surface area contributed by atoms with Crippen LogP contribution in [0.5, 0.6) is 0 Å². The van der Waals surface area contributed by atoms with Crippen LogP contribution in [0.2, 0.25) is 0 Å². The van der Waals surface area contributed by atoms with Crippen LogP contribution in [0.25, 0.3) is 0 Å². The molecule has 0 saturated heterocycles. The number of nitrogens with one attached hydrogen (secondary N) is 1. The molecule has 0 fully saturated rings. The highest BCUT2D eigenvalue weighted by Gasteiger charge is 1.77. The van der Waals surface area contributed by atoms with Gasteiger partial charge < -0.3 is 5.32 Å². The Morgan fingerprint density at radius 2 is 1.91 bits per heavy atom. The van der Waals surface area contributed by atoms with Crippen LogP contribution < -0.4 is 5.32 Å². The van der Waals surface area contributed by atoms with Gasteiger partial charge in [0, 0.05) is 12.7 Å². The van der Waals surface area contributed by atoms with Gasteiger partial charge in [0.05, 0.1) is 0 Å². The van der Waals surface area contributed by atoms with E-state index in [1.54, 1.807) is 0 Å². The molecule has 0 aromatic rings. The van der Waals surface area contributed by atoms with Gasteiger partial charge in [0.2, 0.25) is 0 Å². The van der Waals surface area contributed by atoms with Gasteiger partial charge in [-0.1, -0.05) is 23.8 Å². The van der Waals surface area contributed by atoms with Crippen molar-refractivity contribution in [1.29, 1.82) is 0 Å². The number of allylic oxidation sites excluding steroid dienone is 6. The molecule has 0 unspecified atom stereocenters. The Balaban J connectivity index is 3.96. The Hall–Kier alpha value is -0.980. The van der Waals surface area contributed by atoms with Gasteiger partial charge in [-0.2, -0.15) is 0 Å². The molecule has 0 aliphatic rings. The summed E-state index contributed by atoms with van der Waals surface area (Å²) in [5.41, 5.74) is 2.45. The summed E-state index contributed by atoms with van der Waals surface area (Å²) in [6.07, 6.45) is 8.26. The van der Waals surface area contributed by atoms with E-state index in [9.17, 15) is 0 Å². The number of hydrogen-bond donors (Lipinski definition) is 1. The second kappa shape index (κ2) is 5.78. The first-order valence-electron chi connectivity index (χ1n) is 3.86. The quantitative estimate of drug-likeness (QED) is 0.611. The minimum atomic E-state index is 1.17. The van der Waals surface area contributed by atoms with Crippen LogP contribution >= 0.6 is 0 Å². The zero-order valence-corrected chi connectivity index (χ0v) is 7.81. The zero-order chi connectivity index (χ0) is 8.69. The van der Waals surface area contributed by atoms with Gasteiger partial charge in [-0.15, -0.1) is 0 Å². The first-order chi connectivity index (χ1) is 5.20. The summed E-state index contributed by atoms with van der Waals surface area (Å²) in [6, 6.07) is 0. The van der Waals surface area contributed by atoms with Crippen molar-refractivity contribution in [2.24, 2.45) is 0 Å². The Kier molecular flexibility index (Phi) is 5.26.